The number of hydrogen-bond acceptors (Lipinski definition) is 4. The highest BCUT2D eigenvalue weighted by atomic mass is 32.2. The molecule has 0 aromatic rings. The van der Waals surface area contributed by atoms with Gasteiger partial charge < -0.3 is 9.84 Å². The zero-order valence-electron chi connectivity index (χ0n) is 8.69. The SMILES string of the molecule is CCCCCOC(=S)SCC.O=CO. The summed E-state index contributed by atoms with van der Waals surface area (Å²) in [6.45, 7) is 4.80. The Morgan fingerprint density at radius 2 is 2.07 bits per heavy atom. The molecule has 0 aromatic heterocycles. The summed E-state index contributed by atoms with van der Waals surface area (Å²) in [7, 11) is 0. The molecule has 0 aliphatic heterocycles. The predicted molar refractivity (Wildman–Crippen MR) is 64.9 cm³/mol. The normalized spacial score (nSPS) is 8.43. The third-order valence-corrected chi connectivity index (χ3v) is 2.34. The van der Waals surface area contributed by atoms with E-state index in [-0.39, 0.29) is 6.47 Å². The Morgan fingerprint density at radius 1 is 1.50 bits per heavy atom. The van der Waals surface area contributed by atoms with E-state index in [1.165, 1.54) is 12.8 Å². The average Bonchev–Trinajstić information content (AvgIpc) is 2.14. The molecule has 0 bridgehead atoms. The first-order chi connectivity index (χ1) is 6.72. The number of carbonyl (C=O) groups is 1. The van der Waals surface area contributed by atoms with Crippen LogP contribution in [0.25, 0.3) is 0 Å². The Morgan fingerprint density at radius 3 is 2.50 bits per heavy atom. The Labute approximate surface area is 95.2 Å². The Balaban J connectivity index is 0. The lowest BCUT2D eigenvalue weighted by molar-refractivity contribution is -0.122. The fourth-order valence-corrected chi connectivity index (χ4v) is 1.51. The molecule has 14 heavy (non-hydrogen) atoms. The fourth-order valence-electron chi connectivity index (χ4n) is 0.667. The summed E-state index contributed by atoms with van der Waals surface area (Å²) in [5.41, 5.74) is 0. The van der Waals surface area contributed by atoms with Crippen molar-refractivity contribution in [2.24, 2.45) is 0 Å². The molecule has 0 aliphatic rings. The number of thiocarbonyl (C=S) groups is 1. The Bertz CT molecular complexity index is 140. The Hall–Kier alpha value is -0.290. The van der Waals surface area contributed by atoms with Gasteiger partial charge in [-0.25, -0.2) is 0 Å². The molecule has 0 saturated carbocycles. The fraction of sp³-hybridized carbons (Fsp3) is 0.778. The largest absolute Gasteiger partial charge is 0.483 e. The molecule has 0 radical (unpaired) electrons. The summed E-state index contributed by atoms with van der Waals surface area (Å²) in [6, 6.07) is 0. The van der Waals surface area contributed by atoms with Crippen LogP contribution in [0.5, 0.6) is 0 Å². The second-order valence-corrected chi connectivity index (χ2v) is 4.21. The quantitative estimate of drug-likeness (QED) is 0.453. The molecule has 0 rings (SSSR count). The van der Waals surface area contributed by atoms with Gasteiger partial charge in [0.2, 0.25) is 4.38 Å². The molecule has 0 unspecified atom stereocenters. The first-order valence-corrected chi connectivity index (χ1v) is 5.99. The van der Waals surface area contributed by atoms with Crippen molar-refractivity contribution in [1.82, 2.24) is 0 Å². The van der Waals surface area contributed by atoms with E-state index >= 15 is 0 Å². The van der Waals surface area contributed by atoms with Gasteiger partial charge in [0.05, 0.1) is 6.61 Å². The third kappa shape index (κ3) is 17.7. The molecule has 0 aliphatic carbocycles. The minimum absolute atomic E-state index is 0.250. The smallest absolute Gasteiger partial charge is 0.290 e. The molecule has 3 nitrogen and oxygen atoms in total. The maximum atomic E-state index is 8.36. The monoisotopic (exact) mass is 238 g/mol. The third-order valence-electron chi connectivity index (χ3n) is 1.23. The number of unbranched alkanes of at least 4 members (excludes halogenated alkanes) is 2. The second kappa shape index (κ2) is 15.2. The molecule has 1 N–H and O–H groups in total. The van der Waals surface area contributed by atoms with Crippen molar-refractivity contribution >= 4 is 34.8 Å². The number of ether oxygens (including phenoxy) is 1. The van der Waals surface area contributed by atoms with E-state index < -0.39 is 0 Å². The van der Waals surface area contributed by atoms with Crippen molar-refractivity contribution < 1.29 is 14.6 Å². The van der Waals surface area contributed by atoms with Crippen molar-refractivity contribution in [1.29, 1.82) is 0 Å². The molecule has 0 saturated heterocycles. The van der Waals surface area contributed by atoms with E-state index in [0.29, 0.717) is 4.38 Å². The van der Waals surface area contributed by atoms with Gasteiger partial charge in [0, 0.05) is 0 Å². The van der Waals surface area contributed by atoms with Crippen LogP contribution < -0.4 is 0 Å². The van der Waals surface area contributed by atoms with Gasteiger partial charge in [-0.3, -0.25) is 4.79 Å². The van der Waals surface area contributed by atoms with Gasteiger partial charge >= 0.3 is 0 Å². The molecule has 0 fully saturated rings. The highest BCUT2D eigenvalue weighted by molar-refractivity contribution is 8.22. The molecule has 0 heterocycles. The van der Waals surface area contributed by atoms with Gasteiger partial charge in [0.15, 0.2) is 0 Å². The van der Waals surface area contributed by atoms with Crippen LogP contribution in [0.2, 0.25) is 0 Å². The van der Waals surface area contributed by atoms with Crippen molar-refractivity contribution in [3.05, 3.63) is 0 Å². The zero-order chi connectivity index (χ0) is 11.2. The van der Waals surface area contributed by atoms with Crippen molar-refractivity contribution in [2.45, 2.75) is 33.1 Å². The van der Waals surface area contributed by atoms with E-state index in [1.54, 1.807) is 11.8 Å². The summed E-state index contributed by atoms with van der Waals surface area (Å²) in [4.78, 5) is 8.36. The van der Waals surface area contributed by atoms with Crippen LogP contribution in [0, 0.1) is 0 Å². The molecule has 0 atom stereocenters. The molecule has 0 amide bonds. The minimum Gasteiger partial charge on any atom is -0.483 e. The number of carboxylic acid groups (broad SMARTS) is 1. The van der Waals surface area contributed by atoms with Crippen LogP contribution in [0.4, 0.5) is 0 Å². The van der Waals surface area contributed by atoms with Crippen molar-refractivity contribution in [2.75, 3.05) is 12.4 Å². The van der Waals surface area contributed by atoms with Gasteiger partial charge in [-0.1, -0.05) is 38.5 Å². The molecule has 0 aromatic carbocycles. The van der Waals surface area contributed by atoms with Crippen molar-refractivity contribution in [3.63, 3.8) is 0 Å². The van der Waals surface area contributed by atoms with Crippen LogP contribution in [-0.2, 0) is 9.53 Å². The van der Waals surface area contributed by atoms with Crippen LogP contribution in [0.3, 0.4) is 0 Å². The van der Waals surface area contributed by atoms with Gasteiger partial charge in [0.25, 0.3) is 6.47 Å². The second-order valence-electron chi connectivity index (χ2n) is 2.34. The molecule has 0 spiro atoms. The number of hydrogen-bond donors (Lipinski definition) is 1. The number of thioether (sulfide) groups is 1. The van der Waals surface area contributed by atoms with E-state index in [0.717, 1.165) is 18.8 Å². The summed E-state index contributed by atoms with van der Waals surface area (Å²) in [5.74, 6) is 1.01. The molecule has 5 heteroatoms. The maximum Gasteiger partial charge on any atom is 0.290 e. The van der Waals surface area contributed by atoms with Gasteiger partial charge in [-0.05, 0) is 24.4 Å². The highest BCUT2D eigenvalue weighted by Gasteiger charge is 1.94. The van der Waals surface area contributed by atoms with Crippen LogP contribution in [0.1, 0.15) is 33.1 Å². The maximum absolute atomic E-state index is 8.36. The first-order valence-electron chi connectivity index (χ1n) is 4.60. The predicted octanol–water partition coefficient (Wildman–Crippen LogP) is 2.93. The summed E-state index contributed by atoms with van der Waals surface area (Å²) >= 11 is 6.54. The summed E-state index contributed by atoms with van der Waals surface area (Å²) < 4.78 is 5.98. The van der Waals surface area contributed by atoms with Gasteiger partial charge in [-0.15, -0.1) is 0 Å². The topological polar surface area (TPSA) is 46.5 Å². The molecular weight excluding hydrogens is 220 g/mol. The number of rotatable bonds is 5. The lowest BCUT2D eigenvalue weighted by atomic mass is 10.3. The first kappa shape index (κ1) is 16.2. The minimum atomic E-state index is -0.250. The Kier molecular flexibility index (Phi) is 17.5. The van der Waals surface area contributed by atoms with E-state index in [1.807, 2.05) is 0 Å². The van der Waals surface area contributed by atoms with Gasteiger partial charge in [0.1, 0.15) is 0 Å². The highest BCUT2D eigenvalue weighted by Crippen LogP contribution is 2.05. The molecule has 84 valence electrons. The molecular formula is C9H18O3S2. The summed E-state index contributed by atoms with van der Waals surface area (Å²) in [6.07, 6.45) is 3.59. The lowest BCUT2D eigenvalue weighted by Gasteiger charge is -2.04. The van der Waals surface area contributed by atoms with E-state index in [9.17, 15) is 0 Å². The standard InChI is InChI=1S/C8H16OS2.CH2O2/c1-3-5-6-7-9-8(10)11-4-2;2-1-3/h3-7H2,1-2H3;1H,(H,2,3). The lowest BCUT2D eigenvalue weighted by Crippen LogP contribution is -1.99. The summed E-state index contributed by atoms with van der Waals surface area (Å²) in [5, 5.41) is 6.89. The van der Waals surface area contributed by atoms with Crippen LogP contribution >= 0.6 is 24.0 Å². The van der Waals surface area contributed by atoms with E-state index in [4.69, 9.17) is 26.9 Å². The van der Waals surface area contributed by atoms with Gasteiger partial charge in [-0.2, -0.15) is 0 Å². The zero-order valence-corrected chi connectivity index (χ0v) is 10.3. The average molecular weight is 238 g/mol. The van der Waals surface area contributed by atoms with Crippen LogP contribution in [-0.4, -0.2) is 28.3 Å². The van der Waals surface area contributed by atoms with Crippen LogP contribution in [0.15, 0.2) is 0 Å². The van der Waals surface area contributed by atoms with Crippen molar-refractivity contribution in [3.8, 4) is 0 Å². The van der Waals surface area contributed by atoms with E-state index in [2.05, 4.69) is 13.8 Å².